The van der Waals surface area contributed by atoms with Crippen molar-refractivity contribution in [2.24, 2.45) is 0 Å². The molecule has 0 bridgehead atoms. The molecule has 0 saturated carbocycles. The third-order valence-corrected chi connectivity index (χ3v) is 4.42. The van der Waals surface area contributed by atoms with Gasteiger partial charge in [-0.15, -0.1) is 0 Å². The van der Waals surface area contributed by atoms with E-state index in [-0.39, 0.29) is 0 Å². The fourth-order valence-electron chi connectivity index (χ4n) is 3.15. The fourth-order valence-corrected chi connectivity index (χ4v) is 3.15. The Balaban J connectivity index is 1.45. The number of rotatable bonds is 4. The van der Waals surface area contributed by atoms with Crippen molar-refractivity contribution in [3.05, 3.63) is 54.8 Å². The van der Waals surface area contributed by atoms with E-state index < -0.39 is 0 Å². The molecule has 0 amide bonds. The Morgan fingerprint density at radius 1 is 1.00 bits per heavy atom. The first-order chi connectivity index (χ1) is 12.8. The molecule has 1 saturated heterocycles. The van der Waals surface area contributed by atoms with Crippen LogP contribution in [-0.4, -0.2) is 43.0 Å². The quantitative estimate of drug-likeness (QED) is 0.769. The van der Waals surface area contributed by atoms with Gasteiger partial charge in [0.05, 0.1) is 24.3 Å². The minimum atomic E-state index is 0.345. The van der Waals surface area contributed by atoms with Crippen molar-refractivity contribution in [1.29, 1.82) is 0 Å². The Hall–Kier alpha value is -3.16. The lowest BCUT2D eigenvalue weighted by molar-refractivity contribution is 0.497. The molecule has 8 heteroatoms. The Labute approximate surface area is 151 Å². The standard InChI is InChI=1S/C18H20N8/c1-13-20-5-4-18(24-13)26-8-2-3-14(12-26)15-9-23-17(11-22-15)25-16-10-19-6-7-21-16/h4-7,9-11,14H,2-3,8,12H2,1H3,(H,21,23,25). The van der Waals surface area contributed by atoms with Crippen molar-refractivity contribution in [1.82, 2.24) is 29.9 Å². The molecule has 1 unspecified atom stereocenters. The molecule has 0 aromatic carbocycles. The average molecular weight is 348 g/mol. The van der Waals surface area contributed by atoms with E-state index in [4.69, 9.17) is 0 Å². The first kappa shape index (κ1) is 16.3. The SMILES string of the molecule is Cc1nccc(N2CCCC(c3cnc(Nc4cnccn4)cn3)C2)n1. The molecule has 1 N–H and O–H groups in total. The molecule has 0 aliphatic carbocycles. The number of piperidine rings is 1. The Morgan fingerprint density at radius 2 is 1.92 bits per heavy atom. The van der Waals surface area contributed by atoms with Crippen LogP contribution in [0.25, 0.3) is 0 Å². The van der Waals surface area contributed by atoms with Gasteiger partial charge in [0.2, 0.25) is 0 Å². The maximum Gasteiger partial charge on any atom is 0.150 e. The zero-order chi connectivity index (χ0) is 17.8. The van der Waals surface area contributed by atoms with Gasteiger partial charge in [0, 0.05) is 37.6 Å². The number of anilines is 3. The summed E-state index contributed by atoms with van der Waals surface area (Å²) in [5.41, 5.74) is 1.00. The van der Waals surface area contributed by atoms with Gasteiger partial charge in [0.15, 0.2) is 0 Å². The molecule has 8 nitrogen and oxygen atoms in total. The molecule has 1 aliphatic rings. The third-order valence-electron chi connectivity index (χ3n) is 4.42. The lowest BCUT2D eigenvalue weighted by Gasteiger charge is -2.33. The Kier molecular flexibility index (Phi) is 4.63. The van der Waals surface area contributed by atoms with Crippen LogP contribution in [0.4, 0.5) is 17.5 Å². The lowest BCUT2D eigenvalue weighted by atomic mass is 9.95. The summed E-state index contributed by atoms with van der Waals surface area (Å²) >= 11 is 0. The van der Waals surface area contributed by atoms with Crippen molar-refractivity contribution in [3.8, 4) is 0 Å². The van der Waals surface area contributed by atoms with E-state index in [2.05, 4.69) is 40.1 Å². The van der Waals surface area contributed by atoms with Gasteiger partial charge in [-0.3, -0.25) is 9.97 Å². The second kappa shape index (κ2) is 7.38. The molecular weight excluding hydrogens is 328 g/mol. The molecule has 1 atom stereocenters. The van der Waals surface area contributed by atoms with E-state index in [0.717, 1.165) is 43.3 Å². The molecule has 0 radical (unpaired) electrons. The van der Waals surface area contributed by atoms with Crippen LogP contribution < -0.4 is 10.2 Å². The van der Waals surface area contributed by atoms with Gasteiger partial charge in [0.25, 0.3) is 0 Å². The Bertz CT molecular complexity index is 853. The van der Waals surface area contributed by atoms with E-state index in [1.54, 1.807) is 24.8 Å². The maximum atomic E-state index is 4.61. The number of nitrogens with zero attached hydrogens (tertiary/aromatic N) is 7. The van der Waals surface area contributed by atoms with E-state index >= 15 is 0 Å². The third kappa shape index (κ3) is 3.74. The highest BCUT2D eigenvalue weighted by Gasteiger charge is 2.23. The lowest BCUT2D eigenvalue weighted by Crippen LogP contribution is -2.35. The van der Waals surface area contributed by atoms with Gasteiger partial charge >= 0.3 is 0 Å². The zero-order valence-corrected chi connectivity index (χ0v) is 14.6. The van der Waals surface area contributed by atoms with Gasteiger partial charge in [-0.05, 0) is 25.8 Å². The van der Waals surface area contributed by atoms with Crippen LogP contribution in [0.5, 0.6) is 0 Å². The maximum absolute atomic E-state index is 4.61. The first-order valence-corrected chi connectivity index (χ1v) is 8.67. The van der Waals surface area contributed by atoms with Gasteiger partial charge in [0.1, 0.15) is 23.3 Å². The van der Waals surface area contributed by atoms with E-state index in [1.807, 2.05) is 25.4 Å². The van der Waals surface area contributed by atoms with Crippen molar-refractivity contribution in [2.45, 2.75) is 25.7 Å². The summed E-state index contributed by atoms with van der Waals surface area (Å²) in [4.78, 5) is 28.3. The Morgan fingerprint density at radius 3 is 2.69 bits per heavy atom. The molecule has 4 rings (SSSR count). The second-order valence-electron chi connectivity index (χ2n) is 6.29. The average Bonchev–Trinajstić information content (AvgIpc) is 2.69. The normalized spacial score (nSPS) is 17.1. The first-order valence-electron chi connectivity index (χ1n) is 8.67. The molecule has 26 heavy (non-hydrogen) atoms. The minimum absolute atomic E-state index is 0.345. The largest absolute Gasteiger partial charge is 0.356 e. The molecule has 3 aromatic rings. The predicted octanol–water partition coefficient (Wildman–Crippen LogP) is 2.49. The summed E-state index contributed by atoms with van der Waals surface area (Å²) in [5, 5.41) is 3.10. The van der Waals surface area contributed by atoms with Gasteiger partial charge in [-0.25, -0.2) is 19.9 Å². The summed E-state index contributed by atoms with van der Waals surface area (Å²) in [7, 11) is 0. The highest BCUT2D eigenvalue weighted by Crippen LogP contribution is 2.28. The number of aryl methyl sites for hydroxylation is 1. The zero-order valence-electron chi connectivity index (χ0n) is 14.6. The minimum Gasteiger partial charge on any atom is -0.356 e. The fraction of sp³-hybridized carbons (Fsp3) is 0.333. The molecule has 1 aliphatic heterocycles. The summed E-state index contributed by atoms with van der Waals surface area (Å²) < 4.78 is 0. The number of hydrogen-bond acceptors (Lipinski definition) is 8. The number of hydrogen-bond donors (Lipinski definition) is 1. The van der Waals surface area contributed by atoms with Crippen molar-refractivity contribution < 1.29 is 0 Å². The highest BCUT2D eigenvalue weighted by atomic mass is 15.2. The van der Waals surface area contributed by atoms with Crippen LogP contribution in [0.2, 0.25) is 0 Å². The smallest absolute Gasteiger partial charge is 0.150 e. The molecule has 132 valence electrons. The van der Waals surface area contributed by atoms with Crippen LogP contribution in [0.15, 0.2) is 43.2 Å². The summed E-state index contributed by atoms with van der Waals surface area (Å²) in [6, 6.07) is 1.97. The highest BCUT2D eigenvalue weighted by molar-refractivity contribution is 5.48. The molecular formula is C18H20N8. The van der Waals surface area contributed by atoms with Gasteiger partial charge in [-0.2, -0.15) is 0 Å². The topological polar surface area (TPSA) is 92.6 Å². The van der Waals surface area contributed by atoms with E-state index in [9.17, 15) is 0 Å². The van der Waals surface area contributed by atoms with E-state index in [0.29, 0.717) is 17.6 Å². The molecule has 1 fully saturated rings. The molecule has 0 spiro atoms. The van der Waals surface area contributed by atoms with Crippen molar-refractivity contribution >= 4 is 17.5 Å². The number of nitrogens with one attached hydrogen (secondary N) is 1. The van der Waals surface area contributed by atoms with Crippen molar-refractivity contribution in [2.75, 3.05) is 23.3 Å². The van der Waals surface area contributed by atoms with Gasteiger partial charge < -0.3 is 10.2 Å². The summed E-state index contributed by atoms with van der Waals surface area (Å²) in [6.45, 7) is 3.81. The summed E-state index contributed by atoms with van der Waals surface area (Å²) in [6.07, 6.45) is 12.5. The van der Waals surface area contributed by atoms with Crippen LogP contribution >= 0.6 is 0 Å². The van der Waals surface area contributed by atoms with Crippen LogP contribution in [0.3, 0.4) is 0 Å². The summed E-state index contributed by atoms with van der Waals surface area (Å²) in [5.74, 6) is 3.43. The van der Waals surface area contributed by atoms with Crippen LogP contribution in [0, 0.1) is 6.92 Å². The van der Waals surface area contributed by atoms with Crippen LogP contribution in [-0.2, 0) is 0 Å². The van der Waals surface area contributed by atoms with Gasteiger partial charge in [-0.1, -0.05) is 0 Å². The van der Waals surface area contributed by atoms with E-state index in [1.165, 1.54) is 0 Å². The molecule has 4 heterocycles. The second-order valence-corrected chi connectivity index (χ2v) is 6.29. The van der Waals surface area contributed by atoms with Crippen LogP contribution in [0.1, 0.15) is 30.3 Å². The molecule has 3 aromatic heterocycles. The monoisotopic (exact) mass is 348 g/mol. The van der Waals surface area contributed by atoms with Crippen molar-refractivity contribution in [3.63, 3.8) is 0 Å². The predicted molar refractivity (Wildman–Crippen MR) is 98.3 cm³/mol. The number of aromatic nitrogens is 6.